The fourth-order valence-electron chi connectivity index (χ4n) is 3.20. The Labute approximate surface area is 216 Å². The van der Waals surface area contributed by atoms with Crippen LogP contribution in [0.2, 0.25) is 10.0 Å². The number of hydrogen-bond acceptors (Lipinski definition) is 5. The highest BCUT2D eigenvalue weighted by atomic mass is 35.5. The summed E-state index contributed by atoms with van der Waals surface area (Å²) in [6.45, 7) is 1.78. The molecule has 1 aliphatic heterocycles. The fourth-order valence-corrected chi connectivity index (χ4v) is 4.95. The number of nitrogens with one attached hydrogen (secondary N) is 1. The molecule has 3 aromatic carbocycles. The van der Waals surface area contributed by atoms with Gasteiger partial charge in [0.2, 0.25) is 0 Å². The van der Waals surface area contributed by atoms with Crippen molar-refractivity contribution in [2.75, 3.05) is 16.8 Å². The van der Waals surface area contributed by atoms with Crippen molar-refractivity contribution >= 4 is 80.8 Å². The van der Waals surface area contributed by atoms with Crippen molar-refractivity contribution in [2.45, 2.75) is 6.92 Å². The summed E-state index contributed by atoms with van der Waals surface area (Å²) in [4.78, 5) is 27.2. The van der Waals surface area contributed by atoms with Gasteiger partial charge in [-0.2, -0.15) is 0 Å². The molecule has 0 atom stereocenters. The lowest BCUT2D eigenvalue weighted by molar-refractivity contribution is -0.118. The van der Waals surface area contributed by atoms with Crippen LogP contribution in [0.25, 0.3) is 6.08 Å². The molecular formula is C25H18Cl2N2O3S2. The monoisotopic (exact) mass is 528 g/mol. The molecule has 1 heterocycles. The third-order valence-corrected chi connectivity index (χ3v) is 6.66. The summed E-state index contributed by atoms with van der Waals surface area (Å²) >= 11 is 18.6. The highest BCUT2D eigenvalue weighted by molar-refractivity contribution is 8.27. The normalized spacial score (nSPS) is 14.6. The molecule has 1 aliphatic rings. The molecule has 0 aliphatic carbocycles. The first-order valence-corrected chi connectivity index (χ1v) is 12.1. The summed E-state index contributed by atoms with van der Waals surface area (Å²) in [6, 6.07) is 19.5. The van der Waals surface area contributed by atoms with E-state index in [-0.39, 0.29) is 18.4 Å². The molecule has 0 aromatic heterocycles. The lowest BCUT2D eigenvalue weighted by atomic mass is 10.2. The molecule has 1 saturated heterocycles. The van der Waals surface area contributed by atoms with E-state index in [1.165, 1.54) is 11.8 Å². The maximum Gasteiger partial charge on any atom is 0.270 e. The predicted molar refractivity (Wildman–Crippen MR) is 144 cm³/mol. The molecular weight excluding hydrogens is 511 g/mol. The number of benzene rings is 3. The summed E-state index contributed by atoms with van der Waals surface area (Å²) in [5.41, 5.74) is 3.08. The van der Waals surface area contributed by atoms with Crippen LogP contribution in [-0.4, -0.2) is 22.7 Å². The van der Waals surface area contributed by atoms with E-state index in [4.69, 9.17) is 40.2 Å². The van der Waals surface area contributed by atoms with Crippen molar-refractivity contribution in [1.82, 2.24) is 0 Å². The molecule has 34 heavy (non-hydrogen) atoms. The Kier molecular flexibility index (Phi) is 7.58. The number of carbonyl (C=O) groups is 2. The highest BCUT2D eigenvalue weighted by Gasteiger charge is 2.33. The summed E-state index contributed by atoms with van der Waals surface area (Å²) in [5, 5.41) is 3.50. The van der Waals surface area contributed by atoms with Gasteiger partial charge in [0.05, 0.1) is 21.3 Å². The Morgan fingerprint density at radius 3 is 2.59 bits per heavy atom. The Hall–Kier alpha value is -2.84. The van der Waals surface area contributed by atoms with Gasteiger partial charge in [-0.15, -0.1) is 0 Å². The molecule has 1 fully saturated rings. The van der Waals surface area contributed by atoms with Crippen LogP contribution in [-0.2, 0) is 9.59 Å². The van der Waals surface area contributed by atoms with Crippen LogP contribution < -0.4 is 15.0 Å². The average molecular weight is 529 g/mol. The van der Waals surface area contributed by atoms with E-state index in [1.54, 1.807) is 41.3 Å². The van der Waals surface area contributed by atoms with Crippen molar-refractivity contribution in [1.29, 1.82) is 0 Å². The minimum absolute atomic E-state index is 0.154. The number of aryl methyl sites for hydroxylation is 1. The van der Waals surface area contributed by atoms with Gasteiger partial charge in [-0.1, -0.05) is 71.4 Å². The number of thioether (sulfide) groups is 1. The van der Waals surface area contributed by atoms with Gasteiger partial charge < -0.3 is 10.1 Å². The Bertz CT molecular complexity index is 1310. The number of hydrogen-bond donors (Lipinski definition) is 1. The van der Waals surface area contributed by atoms with Crippen molar-refractivity contribution in [3.8, 4) is 5.75 Å². The molecule has 0 saturated carbocycles. The highest BCUT2D eigenvalue weighted by Crippen LogP contribution is 2.36. The second kappa shape index (κ2) is 10.6. The molecule has 0 spiro atoms. The Balaban J connectivity index is 1.37. The molecule has 0 bridgehead atoms. The van der Waals surface area contributed by atoms with Gasteiger partial charge >= 0.3 is 0 Å². The zero-order chi connectivity index (χ0) is 24.2. The number of carbonyl (C=O) groups excluding carboxylic acids is 2. The van der Waals surface area contributed by atoms with Crippen LogP contribution in [0.1, 0.15) is 11.1 Å². The first-order valence-electron chi connectivity index (χ1n) is 10.1. The SMILES string of the molecule is Cc1cccc(N2C(=O)/C(=C/c3ccc(OCC(=O)Nc4ccc(Cl)cc4Cl)cc3)SC2=S)c1. The number of ether oxygens (including phenoxy) is 1. The first kappa shape index (κ1) is 24.3. The van der Waals surface area contributed by atoms with Crippen LogP contribution in [0.5, 0.6) is 5.75 Å². The third kappa shape index (κ3) is 5.80. The van der Waals surface area contributed by atoms with E-state index in [2.05, 4.69) is 5.32 Å². The summed E-state index contributed by atoms with van der Waals surface area (Å²) in [6.07, 6.45) is 1.79. The smallest absolute Gasteiger partial charge is 0.270 e. The lowest BCUT2D eigenvalue weighted by Gasteiger charge is -2.14. The number of anilines is 2. The van der Waals surface area contributed by atoms with Crippen molar-refractivity contribution in [3.63, 3.8) is 0 Å². The number of halogens is 2. The van der Waals surface area contributed by atoms with Crippen LogP contribution in [0.4, 0.5) is 11.4 Å². The average Bonchev–Trinajstić information content (AvgIpc) is 3.08. The van der Waals surface area contributed by atoms with Gasteiger partial charge in [0, 0.05) is 5.02 Å². The van der Waals surface area contributed by atoms with E-state index >= 15 is 0 Å². The summed E-state index contributed by atoms with van der Waals surface area (Å²) in [5.74, 6) is 0.00777. The number of nitrogens with zero attached hydrogens (tertiary/aromatic N) is 1. The quantitative estimate of drug-likeness (QED) is 0.284. The van der Waals surface area contributed by atoms with E-state index in [0.29, 0.717) is 30.7 Å². The zero-order valence-electron chi connectivity index (χ0n) is 17.9. The molecule has 172 valence electrons. The topological polar surface area (TPSA) is 58.6 Å². The predicted octanol–water partition coefficient (Wildman–Crippen LogP) is 6.73. The van der Waals surface area contributed by atoms with Crippen LogP contribution in [0, 0.1) is 6.92 Å². The van der Waals surface area contributed by atoms with E-state index in [9.17, 15) is 9.59 Å². The maximum absolute atomic E-state index is 12.9. The van der Waals surface area contributed by atoms with E-state index in [1.807, 2.05) is 43.3 Å². The van der Waals surface area contributed by atoms with Gasteiger partial charge in [-0.3, -0.25) is 14.5 Å². The second-order valence-electron chi connectivity index (χ2n) is 7.39. The van der Waals surface area contributed by atoms with Gasteiger partial charge in [-0.25, -0.2) is 0 Å². The third-order valence-electron chi connectivity index (χ3n) is 4.81. The summed E-state index contributed by atoms with van der Waals surface area (Å²) in [7, 11) is 0. The van der Waals surface area contributed by atoms with Crippen LogP contribution in [0.15, 0.2) is 71.6 Å². The zero-order valence-corrected chi connectivity index (χ0v) is 21.0. The number of rotatable bonds is 6. The van der Waals surface area contributed by atoms with Gasteiger partial charge in [0.25, 0.3) is 11.8 Å². The minimum Gasteiger partial charge on any atom is -0.484 e. The Morgan fingerprint density at radius 2 is 1.88 bits per heavy atom. The second-order valence-corrected chi connectivity index (χ2v) is 9.91. The summed E-state index contributed by atoms with van der Waals surface area (Å²) < 4.78 is 6.04. The largest absolute Gasteiger partial charge is 0.484 e. The maximum atomic E-state index is 12.9. The van der Waals surface area contributed by atoms with Gasteiger partial charge in [-0.05, 0) is 66.6 Å². The van der Waals surface area contributed by atoms with Crippen molar-refractivity contribution < 1.29 is 14.3 Å². The first-order chi connectivity index (χ1) is 16.3. The lowest BCUT2D eigenvalue weighted by Crippen LogP contribution is -2.27. The van der Waals surface area contributed by atoms with Gasteiger partial charge in [0.1, 0.15) is 5.75 Å². The molecule has 0 unspecified atom stereocenters. The molecule has 3 aromatic rings. The van der Waals surface area contributed by atoms with Gasteiger partial charge in [0.15, 0.2) is 10.9 Å². The fraction of sp³-hybridized carbons (Fsp3) is 0.0800. The molecule has 4 rings (SSSR count). The standard InChI is InChI=1S/C25H18Cl2N2O3S2/c1-15-3-2-4-18(11-15)29-24(31)22(34-25(29)33)12-16-5-8-19(9-6-16)32-14-23(30)28-21-10-7-17(26)13-20(21)27/h2-13H,14H2,1H3,(H,28,30)/b22-12-. The molecule has 2 amide bonds. The van der Waals surface area contributed by atoms with E-state index < -0.39 is 0 Å². The van der Waals surface area contributed by atoms with Crippen molar-refractivity contribution in [3.05, 3.63) is 92.8 Å². The van der Waals surface area contributed by atoms with Crippen LogP contribution >= 0.6 is 47.2 Å². The number of amides is 2. The number of thiocarbonyl (C=S) groups is 1. The molecule has 1 N–H and O–H groups in total. The van der Waals surface area contributed by atoms with Crippen LogP contribution in [0.3, 0.4) is 0 Å². The molecule has 9 heteroatoms. The molecule has 0 radical (unpaired) electrons. The molecule has 5 nitrogen and oxygen atoms in total. The van der Waals surface area contributed by atoms with E-state index in [0.717, 1.165) is 16.8 Å². The van der Waals surface area contributed by atoms with Crippen molar-refractivity contribution in [2.24, 2.45) is 0 Å². The Morgan fingerprint density at radius 1 is 1.12 bits per heavy atom. The minimum atomic E-state index is -0.354.